The number of unbranched alkanes of at least 4 members (excludes halogenated alkanes) is 1. The van der Waals surface area contributed by atoms with E-state index in [1.54, 1.807) is 6.07 Å². The van der Waals surface area contributed by atoms with Crippen LogP contribution in [0, 0.1) is 0 Å². The Kier molecular flexibility index (Phi) is 9.77. The third-order valence-corrected chi connectivity index (χ3v) is 7.93. The van der Waals surface area contributed by atoms with Crippen molar-refractivity contribution in [1.82, 2.24) is 0 Å². The summed E-state index contributed by atoms with van der Waals surface area (Å²) in [5.41, 5.74) is 7.15. The van der Waals surface area contributed by atoms with Gasteiger partial charge in [0.25, 0.3) is 0 Å². The number of benzene rings is 4. The maximum absolute atomic E-state index is 12.4. The first-order valence-corrected chi connectivity index (χ1v) is 15.3. The Balaban J connectivity index is 1.06. The van der Waals surface area contributed by atoms with Crippen molar-refractivity contribution in [2.45, 2.75) is 45.1 Å². The zero-order valence-corrected chi connectivity index (χ0v) is 25.7. The molecule has 7 heteroatoms. The second kappa shape index (κ2) is 14.0. The van der Waals surface area contributed by atoms with Gasteiger partial charge in [0.15, 0.2) is 0 Å². The Morgan fingerprint density at radius 3 is 2.46 bits per heavy atom. The summed E-state index contributed by atoms with van der Waals surface area (Å²) in [5.74, 6) is 0.850. The van der Waals surface area contributed by atoms with Gasteiger partial charge >= 0.3 is 210 Å². The molecule has 0 atom stereocenters. The topological polar surface area (TPSA) is 76.7 Å². The van der Waals surface area contributed by atoms with E-state index < -0.39 is 6.09 Å². The number of hydrogen-bond donors (Lipinski definition) is 2. The molecule has 0 saturated carbocycles. The normalized spacial score (nSPS) is 12.1. The van der Waals surface area contributed by atoms with Crippen LogP contribution in [0.25, 0.3) is 11.1 Å². The van der Waals surface area contributed by atoms with Gasteiger partial charge in [-0.15, -0.1) is 0 Å². The number of fused-ring (bicyclic) bond motifs is 1. The molecule has 6 nitrogen and oxygen atoms in total. The van der Waals surface area contributed by atoms with Crippen molar-refractivity contribution in [3.63, 3.8) is 0 Å². The predicted molar refractivity (Wildman–Crippen MR) is 159 cm³/mol. The zero-order chi connectivity index (χ0) is 28.4. The van der Waals surface area contributed by atoms with E-state index in [9.17, 15) is 9.59 Å². The quantitative estimate of drug-likeness (QED) is 0.158. The van der Waals surface area contributed by atoms with Crippen LogP contribution >= 0.6 is 0 Å². The molecule has 4 aromatic rings. The van der Waals surface area contributed by atoms with E-state index in [4.69, 9.17) is 9.47 Å². The van der Waals surface area contributed by atoms with E-state index in [0.717, 1.165) is 77.2 Å². The monoisotopic (exact) mass is 716 g/mol. The predicted octanol–water partition coefficient (Wildman–Crippen LogP) is 7.46. The van der Waals surface area contributed by atoms with Crippen LogP contribution in [-0.2, 0) is 48.3 Å². The van der Waals surface area contributed by atoms with Gasteiger partial charge < -0.3 is 0 Å². The van der Waals surface area contributed by atoms with Gasteiger partial charge in [0.1, 0.15) is 6.61 Å². The van der Waals surface area contributed by atoms with Crippen LogP contribution in [0.15, 0.2) is 97.1 Å². The minimum absolute atomic E-state index is 0.00457. The first kappa shape index (κ1) is 28.5. The molecule has 41 heavy (non-hydrogen) atoms. The Morgan fingerprint density at radius 2 is 1.61 bits per heavy atom. The summed E-state index contributed by atoms with van der Waals surface area (Å²) in [6.07, 6.45) is 4.32. The summed E-state index contributed by atoms with van der Waals surface area (Å²) < 4.78 is 12.3. The number of carbonyl (C=O) groups is 2. The molecule has 0 saturated heterocycles. The molecule has 2 amide bonds. The van der Waals surface area contributed by atoms with Gasteiger partial charge in [0.05, 0.1) is 0 Å². The Bertz CT molecular complexity index is 1540. The molecule has 0 unspecified atom stereocenters. The fourth-order valence-corrected chi connectivity index (χ4v) is 5.55. The molecule has 1 aliphatic heterocycles. The van der Waals surface area contributed by atoms with Crippen molar-refractivity contribution in [2.24, 2.45) is 0 Å². The Hall–Kier alpha value is -4.02. The van der Waals surface area contributed by atoms with Gasteiger partial charge in [-0.05, 0) is 5.56 Å². The number of nitrogens with one attached hydrogen (secondary N) is 2. The van der Waals surface area contributed by atoms with Crippen molar-refractivity contribution < 1.29 is 38.4 Å². The summed E-state index contributed by atoms with van der Waals surface area (Å²) in [4.78, 5) is 24.0. The van der Waals surface area contributed by atoms with Crippen LogP contribution < -0.4 is 15.4 Å². The van der Waals surface area contributed by atoms with Crippen LogP contribution in [0.3, 0.4) is 0 Å². The van der Waals surface area contributed by atoms with Crippen LogP contribution in [0.5, 0.6) is 5.75 Å². The molecule has 5 rings (SSSR count). The van der Waals surface area contributed by atoms with Gasteiger partial charge in [-0.2, -0.15) is 0 Å². The number of anilines is 2. The molecule has 1 heterocycles. The van der Waals surface area contributed by atoms with Crippen molar-refractivity contribution in [3.8, 4) is 16.9 Å². The SMILES string of the molecule is O=C1CCc2ccc(NC(=O)O[C](=[W])CCCCc3cccc(-c4cccc(OCc5ccccc5)c4)c3)cc2N1. The van der Waals surface area contributed by atoms with E-state index in [2.05, 4.69) is 59.2 Å². The number of hydrogen-bond acceptors (Lipinski definition) is 4. The van der Waals surface area contributed by atoms with E-state index >= 15 is 0 Å². The van der Waals surface area contributed by atoms with Crippen molar-refractivity contribution >= 4 is 27.5 Å². The number of aryl methyl sites for hydroxylation is 2. The first-order chi connectivity index (χ1) is 20.0. The van der Waals surface area contributed by atoms with Crippen LogP contribution in [0.1, 0.15) is 42.4 Å². The molecule has 1 aliphatic rings. The molecule has 0 aliphatic carbocycles. The molecule has 0 spiro atoms. The molecular formula is C34H32N2O4W. The maximum atomic E-state index is 12.4. The van der Waals surface area contributed by atoms with Gasteiger partial charge in [-0.1, -0.05) is 30.3 Å². The molecule has 0 bridgehead atoms. The molecule has 2 N–H and O–H groups in total. The molecule has 0 aromatic heterocycles. The fraction of sp³-hybridized carbons (Fsp3) is 0.206. The third-order valence-electron chi connectivity index (χ3n) is 6.90. The third kappa shape index (κ3) is 8.48. The molecular weight excluding hydrogens is 684 g/mol. The summed E-state index contributed by atoms with van der Waals surface area (Å²) in [7, 11) is 0. The summed E-state index contributed by atoms with van der Waals surface area (Å²) in [6.45, 7) is 0.543. The van der Waals surface area contributed by atoms with Crippen LogP contribution in [-0.4, -0.2) is 16.1 Å². The first-order valence-electron chi connectivity index (χ1n) is 13.8. The number of rotatable bonds is 11. The van der Waals surface area contributed by atoms with Crippen LogP contribution in [0.4, 0.5) is 16.2 Å². The minimum atomic E-state index is -0.500. The van der Waals surface area contributed by atoms with Gasteiger partial charge in [-0.3, -0.25) is 0 Å². The molecule has 0 radical (unpaired) electrons. The average molecular weight is 716 g/mol. The van der Waals surface area contributed by atoms with Gasteiger partial charge in [0, 0.05) is 0 Å². The van der Waals surface area contributed by atoms with E-state index in [0.29, 0.717) is 25.1 Å². The molecule has 4 aromatic carbocycles. The van der Waals surface area contributed by atoms with E-state index in [-0.39, 0.29) is 5.91 Å². The van der Waals surface area contributed by atoms with E-state index in [1.807, 2.05) is 42.5 Å². The Labute approximate surface area is 251 Å². The standard InChI is InChI=1S/C34H32N2O4.W/c37-33-19-17-27-16-18-30(23-32(27)36-33)35-34(38)39-20-6-2-5-9-25-12-7-13-28(21-25)29-14-8-15-31(22-29)40-24-26-10-3-1-4-11-26;/h1,3-4,7-8,10-16,18,21-23H,2,5-6,9,17,19,24H2,(H,35,38)(H,36,37);. The van der Waals surface area contributed by atoms with Crippen LogP contribution in [0.2, 0.25) is 0 Å². The number of ether oxygens (including phenoxy) is 2. The number of carbonyl (C=O) groups excluding carboxylic acids is 2. The average Bonchev–Trinajstić information content (AvgIpc) is 2.99. The summed E-state index contributed by atoms with van der Waals surface area (Å²) in [6, 6.07) is 32.6. The summed E-state index contributed by atoms with van der Waals surface area (Å²) in [5, 5.41) is 5.62. The molecule has 208 valence electrons. The molecule has 0 fully saturated rings. The number of amides is 2. The van der Waals surface area contributed by atoms with E-state index in [1.165, 1.54) is 11.1 Å². The second-order valence-electron chi connectivity index (χ2n) is 10.0. The Morgan fingerprint density at radius 1 is 0.829 bits per heavy atom. The van der Waals surface area contributed by atoms with Crippen molar-refractivity contribution in [1.29, 1.82) is 0 Å². The van der Waals surface area contributed by atoms with Crippen molar-refractivity contribution in [3.05, 3.63) is 114 Å². The van der Waals surface area contributed by atoms with Crippen molar-refractivity contribution in [2.75, 3.05) is 10.6 Å². The second-order valence-corrected chi connectivity index (χ2v) is 11.7. The zero-order valence-electron chi connectivity index (χ0n) is 22.7. The van der Waals surface area contributed by atoms with Gasteiger partial charge in [-0.25, -0.2) is 0 Å². The summed E-state index contributed by atoms with van der Waals surface area (Å²) >= 11 is 1.14. The van der Waals surface area contributed by atoms with Gasteiger partial charge in [0.2, 0.25) is 0 Å². The fourth-order valence-electron chi connectivity index (χ4n) is 4.76.